The summed E-state index contributed by atoms with van der Waals surface area (Å²) in [7, 11) is 0. The van der Waals surface area contributed by atoms with Gasteiger partial charge in [0.2, 0.25) is 5.91 Å². The van der Waals surface area contributed by atoms with Crippen LogP contribution in [0.25, 0.3) is 11.1 Å². The third-order valence-electron chi connectivity index (χ3n) is 5.70. The first kappa shape index (κ1) is 23.4. The van der Waals surface area contributed by atoms with Crippen LogP contribution in [0.4, 0.5) is 20.6 Å². The van der Waals surface area contributed by atoms with Crippen LogP contribution in [0.3, 0.4) is 0 Å². The summed E-state index contributed by atoms with van der Waals surface area (Å²) >= 11 is 0. The normalized spacial score (nSPS) is 15.9. The van der Waals surface area contributed by atoms with Crippen LogP contribution < -0.4 is 9.80 Å². The molecule has 1 aliphatic heterocycles. The van der Waals surface area contributed by atoms with Crippen molar-refractivity contribution in [2.24, 2.45) is 0 Å². The van der Waals surface area contributed by atoms with Crippen molar-refractivity contribution in [2.45, 2.75) is 45.4 Å². The minimum atomic E-state index is -1.10. The van der Waals surface area contributed by atoms with Crippen molar-refractivity contribution in [3.8, 4) is 11.1 Å². The number of hydrogen-bond donors (Lipinski definition) is 2. The number of benzene rings is 2. The quantitative estimate of drug-likeness (QED) is 0.594. The number of carboxylic acid groups (broad SMARTS) is 1. The number of aromatic nitrogens is 2. The molecule has 0 radical (unpaired) electrons. The van der Waals surface area contributed by atoms with E-state index in [0.29, 0.717) is 23.5 Å². The van der Waals surface area contributed by atoms with Crippen LogP contribution in [-0.2, 0) is 17.8 Å². The van der Waals surface area contributed by atoms with E-state index in [2.05, 4.69) is 5.10 Å². The van der Waals surface area contributed by atoms with Crippen molar-refractivity contribution in [1.82, 2.24) is 9.78 Å². The van der Waals surface area contributed by atoms with E-state index >= 15 is 0 Å². The second-order valence-corrected chi connectivity index (χ2v) is 9.25. The molecule has 0 saturated heterocycles. The van der Waals surface area contributed by atoms with Gasteiger partial charge < -0.3 is 15.1 Å². The van der Waals surface area contributed by atoms with Crippen LogP contribution in [0.5, 0.6) is 0 Å². The number of rotatable bonds is 5. The maximum Gasteiger partial charge on any atom is 0.411 e. The predicted octanol–water partition coefficient (Wildman–Crippen LogP) is 3.92. The largest absolute Gasteiger partial charge is 0.465 e. The molecule has 4 rings (SSSR count). The third-order valence-corrected chi connectivity index (χ3v) is 5.70. The van der Waals surface area contributed by atoms with Gasteiger partial charge in [-0.2, -0.15) is 5.10 Å². The number of nitrogens with zero attached hydrogens (tertiary/aromatic N) is 4. The molecule has 2 heterocycles. The summed E-state index contributed by atoms with van der Waals surface area (Å²) in [5.41, 5.74) is 2.16. The molecule has 0 fully saturated rings. The number of fused-ring (bicyclic) bond motifs is 1. The SMILES string of the molecule is C[C@H]1CN(C(=O)O)c2cc(-c3cnn(CC(C)(C)O)c3)ccc2N1C(=O)Cc1ccc(F)cc1. The van der Waals surface area contributed by atoms with Gasteiger partial charge in [-0.3, -0.25) is 14.4 Å². The monoisotopic (exact) mass is 466 g/mol. The Hall–Kier alpha value is -3.72. The van der Waals surface area contributed by atoms with E-state index < -0.39 is 11.7 Å². The van der Waals surface area contributed by atoms with E-state index in [0.717, 1.165) is 11.1 Å². The first-order valence-electron chi connectivity index (χ1n) is 11.0. The zero-order valence-corrected chi connectivity index (χ0v) is 19.3. The van der Waals surface area contributed by atoms with Crippen molar-refractivity contribution in [1.29, 1.82) is 0 Å². The molecule has 2 N–H and O–H groups in total. The Morgan fingerprint density at radius 3 is 2.47 bits per heavy atom. The molecule has 0 unspecified atom stereocenters. The van der Waals surface area contributed by atoms with Crippen molar-refractivity contribution >= 4 is 23.4 Å². The van der Waals surface area contributed by atoms with Crippen molar-refractivity contribution in [2.75, 3.05) is 16.3 Å². The summed E-state index contributed by atoms with van der Waals surface area (Å²) in [6.07, 6.45) is 2.41. The lowest BCUT2D eigenvalue weighted by Gasteiger charge is -2.40. The number of carbonyl (C=O) groups excluding carboxylic acids is 1. The van der Waals surface area contributed by atoms with E-state index in [9.17, 15) is 24.2 Å². The Bertz CT molecular complexity index is 1220. The average molecular weight is 467 g/mol. The maximum atomic E-state index is 13.2. The van der Waals surface area contributed by atoms with E-state index in [1.54, 1.807) is 67.0 Å². The standard InChI is InChI=1S/C25H27FN4O4/c1-16-13-29(24(32)33)22-11-18(19-12-27-28(14-19)15-25(2,3)34)6-9-21(22)30(16)23(31)10-17-4-7-20(26)8-5-17/h4-9,11-12,14,16,34H,10,13,15H2,1-3H3,(H,32,33)/t16-/m0/s1. The molecule has 0 saturated carbocycles. The number of aliphatic hydroxyl groups is 1. The number of halogens is 1. The molecular weight excluding hydrogens is 439 g/mol. The van der Waals surface area contributed by atoms with E-state index in [1.165, 1.54) is 17.0 Å². The smallest absolute Gasteiger partial charge is 0.411 e. The topological polar surface area (TPSA) is 98.9 Å². The predicted molar refractivity (Wildman–Crippen MR) is 126 cm³/mol. The van der Waals surface area contributed by atoms with E-state index in [4.69, 9.17) is 0 Å². The molecule has 34 heavy (non-hydrogen) atoms. The molecule has 1 aliphatic rings. The number of anilines is 2. The summed E-state index contributed by atoms with van der Waals surface area (Å²) in [4.78, 5) is 28.1. The van der Waals surface area contributed by atoms with Gasteiger partial charge in [0.25, 0.3) is 0 Å². The number of hydrogen-bond acceptors (Lipinski definition) is 4. The van der Waals surface area contributed by atoms with Gasteiger partial charge in [-0.1, -0.05) is 18.2 Å². The Labute approximate surface area is 196 Å². The zero-order valence-electron chi connectivity index (χ0n) is 19.3. The lowest BCUT2D eigenvalue weighted by atomic mass is 10.0. The third kappa shape index (κ3) is 4.94. The van der Waals surface area contributed by atoms with Crippen LogP contribution in [0.1, 0.15) is 26.3 Å². The fourth-order valence-electron chi connectivity index (χ4n) is 4.22. The Morgan fingerprint density at radius 1 is 1.12 bits per heavy atom. The molecule has 9 heteroatoms. The van der Waals surface area contributed by atoms with Crippen LogP contribution in [0.15, 0.2) is 54.9 Å². The molecule has 0 bridgehead atoms. The molecule has 2 amide bonds. The molecule has 3 aromatic rings. The average Bonchev–Trinajstić information content (AvgIpc) is 3.21. The molecular formula is C25H27FN4O4. The molecule has 1 aromatic heterocycles. The van der Waals surface area contributed by atoms with Gasteiger partial charge >= 0.3 is 6.09 Å². The lowest BCUT2D eigenvalue weighted by Crippen LogP contribution is -2.52. The van der Waals surface area contributed by atoms with Gasteiger partial charge in [0.15, 0.2) is 0 Å². The van der Waals surface area contributed by atoms with Gasteiger partial charge in [0.1, 0.15) is 5.82 Å². The molecule has 2 aromatic carbocycles. The highest BCUT2D eigenvalue weighted by Gasteiger charge is 2.35. The van der Waals surface area contributed by atoms with Crippen molar-refractivity contribution in [3.63, 3.8) is 0 Å². The zero-order chi connectivity index (χ0) is 24.6. The Kier molecular flexibility index (Phi) is 6.14. The summed E-state index contributed by atoms with van der Waals surface area (Å²) in [5.74, 6) is -0.570. The highest BCUT2D eigenvalue weighted by atomic mass is 19.1. The Morgan fingerprint density at radius 2 is 1.82 bits per heavy atom. The maximum absolute atomic E-state index is 13.2. The van der Waals surface area contributed by atoms with Gasteiger partial charge in [0, 0.05) is 18.3 Å². The summed E-state index contributed by atoms with van der Waals surface area (Å²) in [6, 6.07) is 10.7. The second kappa shape index (κ2) is 8.90. The summed E-state index contributed by atoms with van der Waals surface area (Å²) in [6.45, 7) is 5.62. The van der Waals surface area contributed by atoms with Gasteiger partial charge in [-0.05, 0) is 56.2 Å². The van der Waals surface area contributed by atoms with Crippen LogP contribution >= 0.6 is 0 Å². The van der Waals surface area contributed by atoms with E-state index in [-0.39, 0.29) is 30.7 Å². The van der Waals surface area contributed by atoms with Crippen LogP contribution in [0.2, 0.25) is 0 Å². The highest BCUT2D eigenvalue weighted by molar-refractivity contribution is 6.04. The van der Waals surface area contributed by atoms with Gasteiger partial charge in [-0.25, -0.2) is 9.18 Å². The minimum Gasteiger partial charge on any atom is -0.465 e. The highest BCUT2D eigenvalue weighted by Crippen LogP contribution is 2.39. The molecule has 1 atom stereocenters. The number of amides is 2. The van der Waals surface area contributed by atoms with Crippen molar-refractivity contribution < 1.29 is 24.2 Å². The second-order valence-electron chi connectivity index (χ2n) is 9.25. The van der Waals surface area contributed by atoms with Gasteiger partial charge in [-0.15, -0.1) is 0 Å². The molecule has 0 aliphatic carbocycles. The fraction of sp³-hybridized carbons (Fsp3) is 0.320. The van der Waals surface area contributed by atoms with Crippen LogP contribution in [-0.4, -0.2) is 50.2 Å². The minimum absolute atomic E-state index is 0.0720. The first-order chi connectivity index (χ1) is 16.0. The molecule has 178 valence electrons. The van der Waals surface area contributed by atoms with Crippen molar-refractivity contribution in [3.05, 3.63) is 66.2 Å². The summed E-state index contributed by atoms with van der Waals surface area (Å²) in [5, 5.41) is 24.2. The van der Waals surface area contributed by atoms with E-state index in [1.807, 2.05) is 6.07 Å². The number of carbonyl (C=O) groups is 2. The van der Waals surface area contributed by atoms with Gasteiger partial charge in [0.05, 0.1) is 42.2 Å². The van der Waals surface area contributed by atoms with Crippen LogP contribution in [0, 0.1) is 5.82 Å². The first-order valence-corrected chi connectivity index (χ1v) is 11.0. The summed E-state index contributed by atoms with van der Waals surface area (Å²) < 4.78 is 14.9. The fourth-order valence-corrected chi connectivity index (χ4v) is 4.22. The molecule has 0 spiro atoms. The lowest BCUT2D eigenvalue weighted by molar-refractivity contribution is -0.118. The molecule has 8 nitrogen and oxygen atoms in total. The Balaban J connectivity index is 1.68.